The number of pyridine rings is 1. The van der Waals surface area contributed by atoms with Crippen LogP contribution in [0, 0.1) is 6.92 Å². The Balaban J connectivity index is 2.06. The zero-order chi connectivity index (χ0) is 20.4. The van der Waals surface area contributed by atoms with Crippen LogP contribution >= 0.6 is 39.1 Å². The Hall–Kier alpha value is -2.42. The number of aromatic nitrogens is 3. The summed E-state index contributed by atoms with van der Waals surface area (Å²) >= 11 is 15.6. The van der Waals surface area contributed by atoms with Crippen molar-refractivity contribution in [2.75, 3.05) is 12.4 Å². The van der Waals surface area contributed by atoms with Crippen molar-refractivity contribution in [1.82, 2.24) is 20.1 Å². The molecule has 3 rings (SSSR count). The van der Waals surface area contributed by atoms with Gasteiger partial charge in [0.25, 0.3) is 11.8 Å². The van der Waals surface area contributed by atoms with Gasteiger partial charge in [-0.25, -0.2) is 9.67 Å². The fourth-order valence-electron chi connectivity index (χ4n) is 2.62. The Morgan fingerprint density at radius 2 is 1.96 bits per heavy atom. The molecule has 0 aliphatic carbocycles. The molecule has 2 N–H and O–H groups in total. The lowest BCUT2D eigenvalue weighted by Gasteiger charge is -2.15. The summed E-state index contributed by atoms with van der Waals surface area (Å²) in [4.78, 5) is 29.5. The molecule has 0 saturated carbocycles. The van der Waals surface area contributed by atoms with Crippen molar-refractivity contribution in [3.8, 4) is 5.82 Å². The van der Waals surface area contributed by atoms with Gasteiger partial charge in [-0.2, -0.15) is 5.10 Å². The number of halogens is 3. The van der Waals surface area contributed by atoms with Gasteiger partial charge in [0.1, 0.15) is 5.69 Å². The number of anilines is 1. The maximum Gasteiger partial charge on any atom is 0.275 e. The van der Waals surface area contributed by atoms with Gasteiger partial charge >= 0.3 is 0 Å². The molecule has 0 bridgehead atoms. The van der Waals surface area contributed by atoms with Gasteiger partial charge in [0.2, 0.25) is 0 Å². The molecule has 3 aromatic rings. The van der Waals surface area contributed by atoms with E-state index in [1.807, 2.05) is 0 Å². The van der Waals surface area contributed by atoms with E-state index in [4.69, 9.17) is 23.2 Å². The van der Waals surface area contributed by atoms with E-state index in [-0.39, 0.29) is 17.2 Å². The first-order valence-electron chi connectivity index (χ1n) is 8.01. The number of hydrogen-bond donors (Lipinski definition) is 2. The maximum absolute atomic E-state index is 13.1. The lowest BCUT2D eigenvalue weighted by atomic mass is 10.1. The molecular formula is C18H14BrCl2N5O2. The third-order valence-electron chi connectivity index (χ3n) is 3.89. The number of aryl methyl sites for hydroxylation is 1. The minimum absolute atomic E-state index is 0.179. The molecular weight excluding hydrogens is 469 g/mol. The molecule has 28 heavy (non-hydrogen) atoms. The van der Waals surface area contributed by atoms with E-state index in [9.17, 15) is 9.59 Å². The molecule has 2 amide bonds. The second-order valence-electron chi connectivity index (χ2n) is 5.74. The monoisotopic (exact) mass is 481 g/mol. The van der Waals surface area contributed by atoms with Crippen molar-refractivity contribution in [2.24, 2.45) is 0 Å². The first-order chi connectivity index (χ1) is 13.3. The van der Waals surface area contributed by atoms with Crippen molar-refractivity contribution in [3.63, 3.8) is 0 Å². The van der Waals surface area contributed by atoms with Crippen LogP contribution in [0.5, 0.6) is 0 Å². The summed E-state index contributed by atoms with van der Waals surface area (Å²) in [7, 11) is 1.50. The minimum atomic E-state index is -0.498. The summed E-state index contributed by atoms with van der Waals surface area (Å²) < 4.78 is 1.77. The Kier molecular flexibility index (Phi) is 6.02. The van der Waals surface area contributed by atoms with Crippen LogP contribution in [-0.2, 0) is 0 Å². The lowest BCUT2D eigenvalue weighted by Crippen LogP contribution is -2.24. The second-order valence-corrected chi connectivity index (χ2v) is 7.44. The Morgan fingerprint density at radius 1 is 1.21 bits per heavy atom. The smallest absolute Gasteiger partial charge is 0.275 e. The molecule has 0 fully saturated rings. The van der Waals surface area contributed by atoms with E-state index >= 15 is 0 Å². The first kappa shape index (κ1) is 20.3. The van der Waals surface area contributed by atoms with Gasteiger partial charge in [-0.1, -0.05) is 23.2 Å². The summed E-state index contributed by atoms with van der Waals surface area (Å²) in [6.07, 6.45) is 3.01. The molecule has 2 heterocycles. The van der Waals surface area contributed by atoms with E-state index in [1.54, 1.807) is 31.3 Å². The number of rotatable bonds is 4. The van der Waals surface area contributed by atoms with Gasteiger partial charge in [-0.05, 0) is 52.7 Å². The zero-order valence-corrected chi connectivity index (χ0v) is 17.9. The molecule has 1 aromatic carbocycles. The highest BCUT2D eigenvalue weighted by molar-refractivity contribution is 9.10. The van der Waals surface area contributed by atoms with Crippen molar-refractivity contribution in [3.05, 3.63) is 68.0 Å². The fourth-order valence-corrected chi connectivity index (χ4v) is 3.54. The Labute approximate surface area is 179 Å². The van der Waals surface area contributed by atoms with Crippen LogP contribution in [0.15, 0.2) is 41.1 Å². The van der Waals surface area contributed by atoms with Crippen LogP contribution in [0.25, 0.3) is 5.82 Å². The predicted octanol–water partition coefficient (Wildman–Crippen LogP) is 4.26. The molecule has 0 atom stereocenters. The number of benzene rings is 1. The molecule has 0 radical (unpaired) electrons. The standard InChI is InChI=1S/C18H14BrCl2N5O2/c1-9-6-10(20)7-11(17(27)22-2)14(9)25-18(28)15-12(19)8-24-26(15)16-13(21)4-3-5-23-16/h3-8H,1-2H3,(H,22,27)(H,25,28). The molecule has 2 aromatic heterocycles. The van der Waals surface area contributed by atoms with Gasteiger partial charge in [0.05, 0.1) is 26.9 Å². The van der Waals surface area contributed by atoms with Gasteiger partial charge in [-0.15, -0.1) is 0 Å². The molecule has 0 saturated heterocycles. The number of carbonyl (C=O) groups is 2. The molecule has 0 aliphatic rings. The molecule has 7 nitrogen and oxygen atoms in total. The molecule has 0 aliphatic heterocycles. The van der Waals surface area contributed by atoms with Crippen LogP contribution in [0.3, 0.4) is 0 Å². The van der Waals surface area contributed by atoms with Crippen LogP contribution in [0.2, 0.25) is 10.0 Å². The van der Waals surface area contributed by atoms with Crippen LogP contribution < -0.4 is 10.6 Å². The fraction of sp³-hybridized carbons (Fsp3) is 0.111. The van der Waals surface area contributed by atoms with Crippen molar-refractivity contribution < 1.29 is 9.59 Å². The second kappa shape index (κ2) is 8.30. The zero-order valence-electron chi connectivity index (χ0n) is 14.8. The number of carbonyl (C=O) groups excluding carboxylic acids is 2. The van der Waals surface area contributed by atoms with Crippen LogP contribution in [0.4, 0.5) is 5.69 Å². The molecule has 0 spiro atoms. The third-order valence-corrected chi connectivity index (χ3v) is 4.98. The van der Waals surface area contributed by atoms with Gasteiger partial charge in [0, 0.05) is 18.3 Å². The molecule has 144 valence electrons. The van der Waals surface area contributed by atoms with Gasteiger partial charge in [-0.3, -0.25) is 9.59 Å². The molecule has 0 unspecified atom stereocenters. The van der Waals surface area contributed by atoms with E-state index in [2.05, 4.69) is 36.6 Å². The highest BCUT2D eigenvalue weighted by Gasteiger charge is 2.23. The average molecular weight is 483 g/mol. The topological polar surface area (TPSA) is 88.9 Å². The van der Waals surface area contributed by atoms with Crippen LogP contribution in [0.1, 0.15) is 26.4 Å². The number of amides is 2. The number of nitrogens with zero attached hydrogens (tertiary/aromatic N) is 3. The van der Waals surface area contributed by atoms with Gasteiger partial charge in [0.15, 0.2) is 5.82 Å². The normalized spacial score (nSPS) is 10.6. The third kappa shape index (κ3) is 3.89. The van der Waals surface area contributed by atoms with E-state index in [1.165, 1.54) is 24.0 Å². The summed E-state index contributed by atoms with van der Waals surface area (Å²) in [5.74, 6) is -0.567. The first-order valence-corrected chi connectivity index (χ1v) is 9.56. The quantitative estimate of drug-likeness (QED) is 0.581. The summed E-state index contributed by atoms with van der Waals surface area (Å²) in [5.41, 5.74) is 1.41. The average Bonchev–Trinajstić information content (AvgIpc) is 3.04. The van der Waals surface area contributed by atoms with Crippen molar-refractivity contribution in [1.29, 1.82) is 0 Å². The SMILES string of the molecule is CNC(=O)c1cc(Cl)cc(C)c1NC(=O)c1c(Br)cnn1-c1ncccc1Cl. The molecule has 10 heteroatoms. The van der Waals surface area contributed by atoms with E-state index < -0.39 is 5.91 Å². The van der Waals surface area contributed by atoms with Gasteiger partial charge < -0.3 is 10.6 Å². The van der Waals surface area contributed by atoms with E-state index in [0.29, 0.717) is 31.6 Å². The lowest BCUT2D eigenvalue weighted by molar-refractivity contribution is 0.0964. The Bertz CT molecular complexity index is 1080. The van der Waals surface area contributed by atoms with Crippen molar-refractivity contribution >= 4 is 56.6 Å². The number of hydrogen-bond acceptors (Lipinski definition) is 4. The number of nitrogens with one attached hydrogen (secondary N) is 2. The van der Waals surface area contributed by atoms with Crippen molar-refractivity contribution in [2.45, 2.75) is 6.92 Å². The predicted molar refractivity (Wildman–Crippen MR) is 112 cm³/mol. The summed E-state index contributed by atoms with van der Waals surface area (Å²) in [5, 5.41) is 10.2. The highest BCUT2D eigenvalue weighted by Crippen LogP contribution is 2.28. The minimum Gasteiger partial charge on any atom is -0.355 e. The highest BCUT2D eigenvalue weighted by atomic mass is 79.9. The van der Waals surface area contributed by atoms with E-state index in [0.717, 1.165) is 0 Å². The maximum atomic E-state index is 13.1. The summed E-state index contributed by atoms with van der Waals surface area (Å²) in [6, 6.07) is 6.47. The Morgan fingerprint density at radius 3 is 2.64 bits per heavy atom. The summed E-state index contributed by atoms with van der Waals surface area (Å²) in [6.45, 7) is 1.75. The largest absolute Gasteiger partial charge is 0.355 e. The van der Waals surface area contributed by atoms with Crippen LogP contribution in [-0.4, -0.2) is 33.6 Å².